The zero-order valence-electron chi connectivity index (χ0n) is 17.9. The molecule has 0 aromatic heterocycles. The average molecular weight is 449 g/mol. The van der Waals surface area contributed by atoms with Gasteiger partial charge in [0.15, 0.2) is 0 Å². The van der Waals surface area contributed by atoms with E-state index in [4.69, 9.17) is 16.3 Å². The number of nitrogens with zero attached hydrogens (tertiary/aromatic N) is 2. The van der Waals surface area contributed by atoms with Crippen molar-refractivity contribution in [3.8, 4) is 5.75 Å². The Bertz CT molecular complexity index is 1040. The molecule has 0 saturated carbocycles. The summed E-state index contributed by atoms with van der Waals surface area (Å²) in [4.78, 5) is 30.2. The van der Waals surface area contributed by atoms with Gasteiger partial charge in [0.2, 0.25) is 5.91 Å². The van der Waals surface area contributed by atoms with E-state index in [9.17, 15) is 9.59 Å². The van der Waals surface area contributed by atoms with Gasteiger partial charge < -0.3 is 14.5 Å². The molecule has 1 aliphatic rings. The Morgan fingerprint density at radius 1 is 0.812 bits per heavy atom. The van der Waals surface area contributed by atoms with Crippen molar-refractivity contribution in [2.75, 3.05) is 33.3 Å². The lowest BCUT2D eigenvalue weighted by atomic mass is 9.90. The summed E-state index contributed by atoms with van der Waals surface area (Å²) in [7, 11) is 1.53. The summed E-state index contributed by atoms with van der Waals surface area (Å²) >= 11 is 6.09. The minimum Gasteiger partial charge on any atom is -0.496 e. The third-order valence-electron chi connectivity index (χ3n) is 5.78. The molecule has 2 amide bonds. The molecule has 0 atom stereocenters. The third-order valence-corrected chi connectivity index (χ3v) is 6.02. The van der Waals surface area contributed by atoms with Crippen molar-refractivity contribution in [3.05, 3.63) is 101 Å². The summed E-state index contributed by atoms with van der Waals surface area (Å²) in [6, 6.07) is 24.7. The van der Waals surface area contributed by atoms with Crippen molar-refractivity contribution in [2.45, 2.75) is 5.92 Å². The van der Waals surface area contributed by atoms with E-state index in [1.165, 1.54) is 7.11 Å². The lowest BCUT2D eigenvalue weighted by Crippen LogP contribution is -2.51. The van der Waals surface area contributed by atoms with Crippen LogP contribution in [0.4, 0.5) is 0 Å². The van der Waals surface area contributed by atoms with Crippen LogP contribution in [0.5, 0.6) is 5.75 Å². The van der Waals surface area contributed by atoms with Gasteiger partial charge >= 0.3 is 0 Å². The average Bonchev–Trinajstić information content (AvgIpc) is 2.85. The van der Waals surface area contributed by atoms with Crippen LogP contribution in [0.1, 0.15) is 27.4 Å². The fourth-order valence-electron chi connectivity index (χ4n) is 4.10. The van der Waals surface area contributed by atoms with E-state index in [-0.39, 0.29) is 17.7 Å². The number of piperazine rings is 1. The molecule has 164 valence electrons. The predicted molar refractivity (Wildman–Crippen MR) is 125 cm³/mol. The van der Waals surface area contributed by atoms with Gasteiger partial charge in [0.1, 0.15) is 5.75 Å². The third kappa shape index (κ3) is 4.63. The van der Waals surface area contributed by atoms with Crippen molar-refractivity contribution < 1.29 is 14.3 Å². The molecule has 0 bridgehead atoms. The van der Waals surface area contributed by atoms with Gasteiger partial charge in [0, 0.05) is 31.2 Å². The predicted octanol–water partition coefficient (Wildman–Crippen LogP) is 4.47. The first kappa shape index (κ1) is 21.9. The highest BCUT2D eigenvalue weighted by molar-refractivity contribution is 6.31. The van der Waals surface area contributed by atoms with Crippen LogP contribution < -0.4 is 4.74 Å². The van der Waals surface area contributed by atoms with E-state index in [2.05, 4.69) is 0 Å². The zero-order valence-corrected chi connectivity index (χ0v) is 18.7. The van der Waals surface area contributed by atoms with Gasteiger partial charge in [-0.3, -0.25) is 9.59 Å². The van der Waals surface area contributed by atoms with Crippen LogP contribution in [-0.4, -0.2) is 54.9 Å². The van der Waals surface area contributed by atoms with Crippen LogP contribution in [0.2, 0.25) is 5.02 Å². The van der Waals surface area contributed by atoms with Gasteiger partial charge in [-0.25, -0.2) is 0 Å². The summed E-state index contributed by atoms with van der Waals surface area (Å²) in [6.07, 6.45) is 0. The number of carbonyl (C=O) groups excluding carboxylic acids is 2. The van der Waals surface area contributed by atoms with Gasteiger partial charge in [-0.1, -0.05) is 72.3 Å². The second kappa shape index (κ2) is 9.88. The summed E-state index contributed by atoms with van der Waals surface area (Å²) < 4.78 is 5.33. The van der Waals surface area contributed by atoms with Gasteiger partial charge in [0.05, 0.1) is 18.6 Å². The number of hydrogen-bond acceptors (Lipinski definition) is 3. The smallest absolute Gasteiger partial charge is 0.257 e. The van der Waals surface area contributed by atoms with Crippen molar-refractivity contribution in [2.24, 2.45) is 0 Å². The molecule has 1 fully saturated rings. The van der Waals surface area contributed by atoms with Gasteiger partial charge in [-0.05, 0) is 29.3 Å². The number of benzene rings is 3. The Balaban J connectivity index is 1.50. The molecule has 3 aromatic rings. The Labute approximate surface area is 193 Å². The Kier molecular flexibility index (Phi) is 6.76. The van der Waals surface area contributed by atoms with Gasteiger partial charge in [-0.2, -0.15) is 0 Å². The molecule has 32 heavy (non-hydrogen) atoms. The van der Waals surface area contributed by atoms with Crippen molar-refractivity contribution in [1.82, 2.24) is 9.80 Å². The van der Waals surface area contributed by atoms with E-state index in [0.717, 1.165) is 11.1 Å². The first-order valence-corrected chi connectivity index (χ1v) is 11.0. The maximum absolute atomic E-state index is 13.6. The lowest BCUT2D eigenvalue weighted by Gasteiger charge is -2.37. The molecule has 4 rings (SSSR count). The second-order valence-corrected chi connectivity index (χ2v) is 8.15. The molecule has 1 saturated heterocycles. The first-order valence-electron chi connectivity index (χ1n) is 10.6. The number of hydrogen-bond donors (Lipinski definition) is 0. The number of rotatable bonds is 5. The Morgan fingerprint density at radius 3 is 1.88 bits per heavy atom. The van der Waals surface area contributed by atoms with Crippen LogP contribution >= 0.6 is 11.6 Å². The largest absolute Gasteiger partial charge is 0.496 e. The maximum atomic E-state index is 13.6. The van der Waals surface area contributed by atoms with Crippen LogP contribution in [0.15, 0.2) is 78.9 Å². The molecule has 1 heterocycles. The second-order valence-electron chi connectivity index (χ2n) is 7.72. The van der Waals surface area contributed by atoms with Crippen molar-refractivity contribution >= 4 is 23.4 Å². The standard InChI is InChI=1S/C26H25ClN2O3/c1-32-23-13-12-21(27)18-22(23)25(30)28-14-16-29(17-15-28)26(31)24(19-8-4-2-5-9-19)20-10-6-3-7-11-20/h2-13,18,24H,14-17H2,1H3. The highest BCUT2D eigenvalue weighted by Crippen LogP contribution is 2.28. The SMILES string of the molecule is COc1ccc(Cl)cc1C(=O)N1CCN(C(=O)C(c2ccccc2)c2ccccc2)CC1. The topological polar surface area (TPSA) is 49.9 Å². The fourth-order valence-corrected chi connectivity index (χ4v) is 4.27. The fraction of sp³-hybridized carbons (Fsp3) is 0.231. The summed E-state index contributed by atoms with van der Waals surface area (Å²) in [5.41, 5.74) is 2.36. The molecule has 1 aliphatic heterocycles. The molecular formula is C26H25ClN2O3. The molecule has 0 radical (unpaired) electrons. The monoisotopic (exact) mass is 448 g/mol. The zero-order chi connectivity index (χ0) is 22.5. The molecule has 0 aliphatic carbocycles. The number of amides is 2. The van der Waals surface area contributed by atoms with Crippen molar-refractivity contribution in [3.63, 3.8) is 0 Å². The highest BCUT2D eigenvalue weighted by Gasteiger charge is 2.31. The molecular weight excluding hydrogens is 424 g/mol. The van der Waals surface area contributed by atoms with Gasteiger partial charge in [-0.15, -0.1) is 0 Å². The lowest BCUT2D eigenvalue weighted by molar-refractivity contribution is -0.133. The maximum Gasteiger partial charge on any atom is 0.257 e. The Morgan fingerprint density at radius 2 is 1.34 bits per heavy atom. The minimum absolute atomic E-state index is 0.0508. The van der Waals surface area contributed by atoms with Crippen LogP contribution in [0, 0.1) is 0 Å². The summed E-state index contributed by atoms with van der Waals surface area (Å²) in [5, 5.41) is 0.483. The van der Waals surface area contributed by atoms with E-state index < -0.39 is 0 Å². The highest BCUT2D eigenvalue weighted by atomic mass is 35.5. The Hall–Kier alpha value is -3.31. The summed E-state index contributed by atoms with van der Waals surface area (Å²) in [6.45, 7) is 1.86. The molecule has 0 spiro atoms. The quantitative estimate of drug-likeness (QED) is 0.578. The molecule has 6 heteroatoms. The first-order chi connectivity index (χ1) is 15.6. The van der Waals surface area contributed by atoms with Gasteiger partial charge in [0.25, 0.3) is 5.91 Å². The van der Waals surface area contributed by atoms with Crippen LogP contribution in [0.3, 0.4) is 0 Å². The normalized spacial score (nSPS) is 13.8. The van der Waals surface area contributed by atoms with E-state index in [0.29, 0.717) is 42.5 Å². The van der Waals surface area contributed by atoms with Crippen LogP contribution in [-0.2, 0) is 4.79 Å². The van der Waals surface area contributed by atoms with Crippen LogP contribution in [0.25, 0.3) is 0 Å². The van der Waals surface area contributed by atoms with Crippen molar-refractivity contribution in [1.29, 1.82) is 0 Å². The van der Waals surface area contributed by atoms with E-state index in [1.807, 2.05) is 65.6 Å². The van der Waals surface area contributed by atoms with E-state index >= 15 is 0 Å². The molecule has 3 aromatic carbocycles. The number of carbonyl (C=O) groups is 2. The van der Waals surface area contributed by atoms with E-state index in [1.54, 1.807) is 23.1 Å². The number of ether oxygens (including phenoxy) is 1. The minimum atomic E-state index is -0.368. The number of methoxy groups -OCH3 is 1. The molecule has 5 nitrogen and oxygen atoms in total. The molecule has 0 unspecified atom stereocenters. The molecule has 0 N–H and O–H groups in total. The summed E-state index contributed by atoms with van der Waals surface area (Å²) in [5.74, 6) is 0.0350. The number of halogens is 1.